The maximum Gasteiger partial charge on any atom is 0.195 e. The minimum Gasteiger partial charge on any atom is -0.445 e. The highest BCUT2D eigenvalue weighted by atomic mass is 32.2. The molecule has 7 nitrogen and oxygen atoms in total. The van der Waals surface area contributed by atoms with Crippen LogP contribution in [0.4, 0.5) is 5.69 Å². The molecule has 0 radical (unpaired) electrons. The number of hydrogen-bond donors (Lipinski definition) is 0. The summed E-state index contributed by atoms with van der Waals surface area (Å²) in [6.07, 6.45) is 13.0. The van der Waals surface area contributed by atoms with E-state index in [0.717, 1.165) is 73.5 Å². The monoisotopic (exact) mass is 563 g/mol. The van der Waals surface area contributed by atoms with Crippen LogP contribution in [0, 0.1) is 28.6 Å². The molecule has 0 N–H and O–H groups in total. The van der Waals surface area contributed by atoms with Crippen LogP contribution in [0.25, 0.3) is 11.3 Å². The second-order valence-electron chi connectivity index (χ2n) is 12.7. The first-order valence-electron chi connectivity index (χ1n) is 15.3. The van der Waals surface area contributed by atoms with Crippen molar-refractivity contribution in [1.82, 2.24) is 4.98 Å². The minimum absolute atomic E-state index is 0.00896. The fourth-order valence-electron chi connectivity index (χ4n) is 7.14. The van der Waals surface area contributed by atoms with Crippen molar-refractivity contribution in [3.05, 3.63) is 35.9 Å². The van der Waals surface area contributed by atoms with E-state index in [9.17, 15) is 18.5 Å². The van der Waals surface area contributed by atoms with Crippen LogP contribution in [0.3, 0.4) is 0 Å². The van der Waals surface area contributed by atoms with Gasteiger partial charge in [-0.3, -0.25) is 4.79 Å². The lowest BCUT2D eigenvalue weighted by Gasteiger charge is -2.30. The summed E-state index contributed by atoms with van der Waals surface area (Å²) in [5, 5.41) is 9.62. The molecule has 3 saturated carbocycles. The number of nitrogens with zero attached hydrogens (tertiary/aromatic N) is 3. The number of anilines is 1. The van der Waals surface area contributed by atoms with Gasteiger partial charge in [0.1, 0.15) is 17.2 Å². The van der Waals surface area contributed by atoms with Crippen molar-refractivity contribution >= 4 is 21.3 Å². The van der Waals surface area contributed by atoms with E-state index in [1.807, 2.05) is 0 Å². The lowest BCUT2D eigenvalue weighted by molar-refractivity contribution is -0.125. The molecule has 1 aliphatic heterocycles. The third-order valence-corrected chi connectivity index (χ3v) is 11.5. The highest BCUT2D eigenvalue weighted by Gasteiger charge is 2.47. The second kappa shape index (κ2) is 11.3. The molecule has 0 bridgehead atoms. The zero-order valence-corrected chi connectivity index (χ0v) is 24.3. The SMILES string of the molecule is N#CC1(CC(=O)[C@@H]2CCCC[C@H]2c2oc(CC3CCCCC3)nc2-c2ccc(N3CCS(=O)(=O)CC3)cc2)CC1. The van der Waals surface area contributed by atoms with Gasteiger partial charge in [-0.2, -0.15) is 5.26 Å². The van der Waals surface area contributed by atoms with Crippen LogP contribution < -0.4 is 4.90 Å². The number of nitriles is 1. The van der Waals surface area contributed by atoms with Gasteiger partial charge in [-0.1, -0.05) is 44.2 Å². The first kappa shape index (κ1) is 27.5. The number of carbonyl (C=O) groups is 1. The maximum absolute atomic E-state index is 13.6. The first-order chi connectivity index (χ1) is 19.3. The smallest absolute Gasteiger partial charge is 0.195 e. The van der Waals surface area contributed by atoms with Gasteiger partial charge in [0.2, 0.25) is 0 Å². The van der Waals surface area contributed by atoms with Crippen molar-refractivity contribution in [3.8, 4) is 17.3 Å². The average Bonchev–Trinajstić information content (AvgIpc) is 3.63. The Kier molecular flexibility index (Phi) is 7.78. The molecule has 2 atom stereocenters. The molecule has 4 aliphatic rings. The number of hydrogen-bond acceptors (Lipinski definition) is 7. The Morgan fingerprint density at radius 1 is 1.00 bits per heavy atom. The molecule has 2 heterocycles. The van der Waals surface area contributed by atoms with Gasteiger partial charge < -0.3 is 9.32 Å². The standard InChI is InChI=1S/C32H41N3O4S/c33-22-32(14-15-32)21-28(36)26-8-4-5-9-27(26)31-30(34-29(39-31)20-23-6-2-1-3-7-23)24-10-12-25(13-11-24)35-16-18-40(37,38)19-17-35/h10-13,23,26-27H,1-9,14-21H2/t26-,27-/m1/s1. The van der Waals surface area contributed by atoms with Crippen LogP contribution in [-0.2, 0) is 21.1 Å². The summed E-state index contributed by atoms with van der Waals surface area (Å²) < 4.78 is 30.4. The van der Waals surface area contributed by atoms with Crippen molar-refractivity contribution in [2.45, 2.75) is 89.4 Å². The highest BCUT2D eigenvalue weighted by molar-refractivity contribution is 7.91. The van der Waals surface area contributed by atoms with Gasteiger partial charge in [-0.15, -0.1) is 0 Å². The Hall–Kier alpha value is -2.66. The van der Waals surface area contributed by atoms with Crippen LogP contribution in [0.5, 0.6) is 0 Å². The van der Waals surface area contributed by atoms with Gasteiger partial charge in [0, 0.05) is 49.0 Å². The van der Waals surface area contributed by atoms with Crippen LogP contribution >= 0.6 is 0 Å². The predicted octanol–water partition coefficient (Wildman–Crippen LogP) is 6.24. The number of ketones is 1. The van der Waals surface area contributed by atoms with E-state index < -0.39 is 15.3 Å². The third-order valence-electron chi connectivity index (χ3n) is 9.86. The van der Waals surface area contributed by atoms with E-state index >= 15 is 0 Å². The predicted molar refractivity (Wildman–Crippen MR) is 155 cm³/mol. The van der Waals surface area contributed by atoms with Gasteiger partial charge in [-0.25, -0.2) is 13.4 Å². The Morgan fingerprint density at radius 3 is 2.35 bits per heavy atom. The highest BCUT2D eigenvalue weighted by Crippen LogP contribution is 2.51. The lowest BCUT2D eigenvalue weighted by Crippen LogP contribution is -2.40. The number of sulfone groups is 1. The zero-order chi connectivity index (χ0) is 27.7. The van der Waals surface area contributed by atoms with Crippen LogP contribution in [0.15, 0.2) is 28.7 Å². The van der Waals surface area contributed by atoms with Gasteiger partial charge in [0.25, 0.3) is 0 Å². The summed E-state index contributed by atoms with van der Waals surface area (Å²) in [6.45, 7) is 1.02. The van der Waals surface area contributed by atoms with Crippen molar-refractivity contribution < 1.29 is 17.6 Å². The maximum atomic E-state index is 13.6. The van der Waals surface area contributed by atoms with Gasteiger partial charge in [0.15, 0.2) is 15.7 Å². The first-order valence-corrected chi connectivity index (χ1v) is 17.2. The Labute approximate surface area is 238 Å². The van der Waals surface area contributed by atoms with Gasteiger partial charge in [-0.05, 0) is 56.6 Å². The third kappa shape index (κ3) is 6.00. The van der Waals surface area contributed by atoms with E-state index in [2.05, 4.69) is 35.2 Å². The summed E-state index contributed by atoms with van der Waals surface area (Å²) >= 11 is 0. The molecule has 1 aromatic heterocycles. The summed E-state index contributed by atoms with van der Waals surface area (Å²) in [7, 11) is -2.93. The van der Waals surface area contributed by atoms with E-state index in [1.165, 1.54) is 32.1 Å². The zero-order valence-electron chi connectivity index (χ0n) is 23.4. The minimum atomic E-state index is -2.93. The molecule has 40 heavy (non-hydrogen) atoms. The molecule has 0 unspecified atom stereocenters. The van der Waals surface area contributed by atoms with Crippen molar-refractivity contribution in [1.29, 1.82) is 5.26 Å². The fraction of sp³-hybridized carbons (Fsp3) is 0.656. The molecule has 4 fully saturated rings. The quantitative estimate of drug-likeness (QED) is 0.375. The molecule has 1 aromatic carbocycles. The van der Waals surface area contributed by atoms with Crippen LogP contribution in [0.2, 0.25) is 0 Å². The summed E-state index contributed by atoms with van der Waals surface area (Å²) in [5.74, 6) is 2.70. The molecule has 214 valence electrons. The number of rotatable bonds is 8. The molecular weight excluding hydrogens is 522 g/mol. The van der Waals surface area contributed by atoms with E-state index in [0.29, 0.717) is 25.4 Å². The number of aromatic nitrogens is 1. The van der Waals surface area contributed by atoms with Crippen molar-refractivity contribution in [3.63, 3.8) is 0 Å². The number of carbonyl (C=O) groups excluding carboxylic acids is 1. The normalized spacial score (nSPS) is 26.2. The van der Waals surface area contributed by atoms with Crippen molar-refractivity contribution in [2.24, 2.45) is 17.3 Å². The molecule has 3 aliphatic carbocycles. The van der Waals surface area contributed by atoms with Crippen molar-refractivity contribution in [2.75, 3.05) is 29.5 Å². The molecular formula is C32H41N3O4S. The molecule has 0 spiro atoms. The fourth-order valence-corrected chi connectivity index (χ4v) is 8.34. The summed E-state index contributed by atoms with van der Waals surface area (Å²) in [6, 6.07) is 10.7. The summed E-state index contributed by atoms with van der Waals surface area (Å²) in [4.78, 5) is 20.8. The Bertz CT molecular complexity index is 1350. The van der Waals surface area contributed by atoms with E-state index in [4.69, 9.17) is 9.40 Å². The molecule has 6 rings (SSSR count). The van der Waals surface area contributed by atoms with Crippen LogP contribution in [0.1, 0.15) is 94.6 Å². The largest absolute Gasteiger partial charge is 0.445 e. The van der Waals surface area contributed by atoms with Gasteiger partial charge >= 0.3 is 0 Å². The molecule has 8 heteroatoms. The van der Waals surface area contributed by atoms with Gasteiger partial charge in [0.05, 0.1) is 23.0 Å². The lowest BCUT2D eigenvalue weighted by atomic mass is 9.73. The average molecular weight is 564 g/mol. The molecule has 2 aromatic rings. The topological polar surface area (TPSA) is 104 Å². The Morgan fingerprint density at radius 2 is 1.68 bits per heavy atom. The summed E-state index contributed by atoms with van der Waals surface area (Å²) in [5.41, 5.74) is 2.42. The van der Waals surface area contributed by atoms with E-state index in [1.54, 1.807) is 0 Å². The molecule has 0 amide bonds. The number of Topliss-reactive ketones (excluding diaryl/α,β-unsaturated/α-hetero) is 1. The van der Waals surface area contributed by atoms with E-state index in [-0.39, 0.29) is 29.1 Å². The Balaban J connectivity index is 1.29. The number of oxazole rings is 1. The van der Waals surface area contributed by atoms with Crippen LogP contribution in [-0.4, -0.2) is 43.8 Å². The molecule has 1 saturated heterocycles. The second-order valence-corrected chi connectivity index (χ2v) is 15.1. The number of benzene rings is 1.